The number of methoxy groups -OCH3 is 2. The summed E-state index contributed by atoms with van der Waals surface area (Å²) in [7, 11) is 3.37. The molecule has 1 aromatic rings. The molecule has 5 nitrogen and oxygen atoms in total. The molecule has 0 spiro atoms. The first-order valence-electron chi connectivity index (χ1n) is 6.57. The minimum Gasteiger partial charge on any atom is -0.506 e. The summed E-state index contributed by atoms with van der Waals surface area (Å²) in [5.41, 5.74) is 1.66. The highest BCUT2D eigenvalue weighted by molar-refractivity contribution is 5.75. The zero-order valence-corrected chi connectivity index (χ0v) is 11.7. The number of hydrogen-bond donors (Lipinski definition) is 3. The molecule has 0 amide bonds. The second-order valence-electron chi connectivity index (χ2n) is 4.25. The van der Waals surface area contributed by atoms with E-state index in [1.54, 1.807) is 20.3 Å². The van der Waals surface area contributed by atoms with Crippen molar-refractivity contribution >= 4 is 11.4 Å². The fourth-order valence-corrected chi connectivity index (χ4v) is 1.74. The van der Waals surface area contributed by atoms with Gasteiger partial charge in [-0.3, -0.25) is 0 Å². The summed E-state index contributed by atoms with van der Waals surface area (Å²) in [5, 5.41) is 16.4. The van der Waals surface area contributed by atoms with E-state index >= 15 is 0 Å². The Bertz CT molecular complexity index is 359. The van der Waals surface area contributed by atoms with Crippen LogP contribution in [-0.4, -0.2) is 45.6 Å². The van der Waals surface area contributed by atoms with Gasteiger partial charge in [0.15, 0.2) is 0 Å². The lowest BCUT2D eigenvalue weighted by Crippen LogP contribution is -2.10. The Kier molecular flexibility index (Phi) is 7.77. The van der Waals surface area contributed by atoms with Gasteiger partial charge in [-0.2, -0.15) is 0 Å². The maximum absolute atomic E-state index is 9.89. The number of hydrogen-bond acceptors (Lipinski definition) is 5. The fraction of sp³-hybridized carbons (Fsp3) is 0.571. The van der Waals surface area contributed by atoms with E-state index in [-0.39, 0.29) is 5.75 Å². The van der Waals surface area contributed by atoms with Crippen LogP contribution >= 0.6 is 0 Å². The van der Waals surface area contributed by atoms with Crippen molar-refractivity contribution < 1.29 is 14.6 Å². The molecule has 0 atom stereocenters. The van der Waals surface area contributed by atoms with Crippen LogP contribution in [0, 0.1) is 0 Å². The Balaban J connectivity index is 2.51. The summed E-state index contributed by atoms with van der Waals surface area (Å²) < 4.78 is 10.0. The van der Waals surface area contributed by atoms with E-state index in [0.29, 0.717) is 6.61 Å². The molecule has 19 heavy (non-hydrogen) atoms. The Labute approximate surface area is 114 Å². The van der Waals surface area contributed by atoms with Gasteiger partial charge >= 0.3 is 0 Å². The van der Waals surface area contributed by atoms with E-state index < -0.39 is 0 Å². The number of benzene rings is 1. The molecule has 3 N–H and O–H groups in total. The Morgan fingerprint density at radius 3 is 2.26 bits per heavy atom. The second kappa shape index (κ2) is 9.47. The monoisotopic (exact) mass is 268 g/mol. The topological polar surface area (TPSA) is 62.8 Å². The number of para-hydroxylation sites is 1. The highest BCUT2D eigenvalue weighted by Gasteiger charge is 2.06. The third-order valence-corrected chi connectivity index (χ3v) is 2.71. The van der Waals surface area contributed by atoms with Gasteiger partial charge in [-0.05, 0) is 25.0 Å². The zero-order chi connectivity index (χ0) is 13.9. The Morgan fingerprint density at radius 1 is 1.00 bits per heavy atom. The highest BCUT2D eigenvalue weighted by Crippen LogP contribution is 2.31. The molecule has 0 saturated heterocycles. The normalized spacial score (nSPS) is 10.4. The number of nitrogens with one attached hydrogen (secondary N) is 2. The third-order valence-electron chi connectivity index (χ3n) is 2.71. The summed E-state index contributed by atoms with van der Waals surface area (Å²) in [6.07, 6.45) is 1.82. The second-order valence-corrected chi connectivity index (χ2v) is 4.25. The van der Waals surface area contributed by atoms with Gasteiger partial charge in [0.05, 0.1) is 5.69 Å². The van der Waals surface area contributed by atoms with E-state index in [1.807, 2.05) is 12.1 Å². The average molecular weight is 268 g/mol. The standard InChI is InChI=1S/C14H24N2O3/c1-18-10-4-8-15-12-6-3-7-13(17)14(12)16-9-5-11-19-2/h3,6-7,15-17H,4-5,8-11H2,1-2H3. The van der Waals surface area contributed by atoms with E-state index in [4.69, 9.17) is 9.47 Å². The van der Waals surface area contributed by atoms with Gasteiger partial charge in [0, 0.05) is 40.5 Å². The van der Waals surface area contributed by atoms with Crippen LogP contribution in [-0.2, 0) is 9.47 Å². The van der Waals surface area contributed by atoms with E-state index in [9.17, 15) is 5.11 Å². The van der Waals surface area contributed by atoms with Gasteiger partial charge in [-0.15, -0.1) is 0 Å². The first-order valence-corrected chi connectivity index (χ1v) is 6.57. The van der Waals surface area contributed by atoms with Crippen LogP contribution in [0.2, 0.25) is 0 Å². The molecular weight excluding hydrogens is 244 g/mol. The van der Waals surface area contributed by atoms with Crippen molar-refractivity contribution in [1.29, 1.82) is 0 Å². The van der Waals surface area contributed by atoms with E-state index in [1.165, 1.54) is 0 Å². The molecule has 0 unspecified atom stereocenters. The number of phenolic OH excluding ortho intramolecular Hbond substituents is 1. The lowest BCUT2D eigenvalue weighted by Gasteiger charge is -2.15. The van der Waals surface area contributed by atoms with Gasteiger partial charge in [-0.25, -0.2) is 0 Å². The zero-order valence-electron chi connectivity index (χ0n) is 11.7. The number of phenols is 1. The molecule has 0 bridgehead atoms. The minimum absolute atomic E-state index is 0.258. The molecule has 0 aliphatic rings. The number of rotatable bonds is 10. The molecule has 1 aromatic carbocycles. The molecule has 0 saturated carbocycles. The predicted molar refractivity (Wildman–Crippen MR) is 78.1 cm³/mol. The first-order chi connectivity index (χ1) is 9.29. The molecule has 0 aliphatic carbocycles. The SMILES string of the molecule is COCCCNc1cccc(O)c1NCCCOC. The molecule has 1 rings (SSSR count). The van der Waals surface area contributed by atoms with Crippen LogP contribution < -0.4 is 10.6 Å². The van der Waals surface area contributed by atoms with Crippen LogP contribution in [0.3, 0.4) is 0 Å². The molecule has 0 fully saturated rings. The van der Waals surface area contributed by atoms with Crippen molar-refractivity contribution in [1.82, 2.24) is 0 Å². The number of ether oxygens (including phenoxy) is 2. The maximum atomic E-state index is 9.89. The van der Waals surface area contributed by atoms with Gasteiger partial charge < -0.3 is 25.2 Å². The fourth-order valence-electron chi connectivity index (χ4n) is 1.74. The summed E-state index contributed by atoms with van der Waals surface area (Å²) >= 11 is 0. The lowest BCUT2D eigenvalue weighted by atomic mass is 10.2. The van der Waals surface area contributed by atoms with Gasteiger partial charge in [-0.1, -0.05) is 6.07 Å². The smallest absolute Gasteiger partial charge is 0.140 e. The van der Waals surface area contributed by atoms with Crippen molar-refractivity contribution in [2.75, 3.05) is 51.2 Å². The van der Waals surface area contributed by atoms with Crippen molar-refractivity contribution in [3.05, 3.63) is 18.2 Å². The van der Waals surface area contributed by atoms with Crippen LogP contribution in [0.25, 0.3) is 0 Å². The van der Waals surface area contributed by atoms with E-state index in [0.717, 1.165) is 43.9 Å². The molecular formula is C14H24N2O3. The highest BCUT2D eigenvalue weighted by atomic mass is 16.5. The van der Waals surface area contributed by atoms with Crippen molar-refractivity contribution in [2.45, 2.75) is 12.8 Å². The van der Waals surface area contributed by atoms with Crippen molar-refractivity contribution in [2.24, 2.45) is 0 Å². The molecule has 0 heterocycles. The molecule has 108 valence electrons. The summed E-state index contributed by atoms with van der Waals surface area (Å²) in [6, 6.07) is 5.46. The molecule has 0 aromatic heterocycles. The van der Waals surface area contributed by atoms with Crippen molar-refractivity contribution in [3.8, 4) is 5.75 Å². The maximum Gasteiger partial charge on any atom is 0.140 e. The summed E-state index contributed by atoms with van der Waals surface area (Å²) in [5.74, 6) is 0.258. The molecule has 0 aliphatic heterocycles. The quantitative estimate of drug-likeness (QED) is 0.449. The van der Waals surface area contributed by atoms with Crippen molar-refractivity contribution in [3.63, 3.8) is 0 Å². The number of aromatic hydroxyl groups is 1. The first kappa shape index (κ1) is 15.6. The minimum atomic E-state index is 0.258. The Morgan fingerprint density at radius 2 is 1.63 bits per heavy atom. The Hall–Kier alpha value is -1.46. The molecule has 0 radical (unpaired) electrons. The van der Waals surface area contributed by atoms with Crippen LogP contribution in [0.15, 0.2) is 18.2 Å². The van der Waals surface area contributed by atoms with Crippen LogP contribution in [0.4, 0.5) is 11.4 Å². The summed E-state index contributed by atoms with van der Waals surface area (Å²) in [4.78, 5) is 0. The van der Waals surface area contributed by atoms with Gasteiger partial charge in [0.2, 0.25) is 0 Å². The summed E-state index contributed by atoms with van der Waals surface area (Å²) in [6.45, 7) is 3.00. The van der Waals surface area contributed by atoms with Gasteiger partial charge in [0.1, 0.15) is 11.4 Å². The predicted octanol–water partition coefficient (Wildman–Crippen LogP) is 2.29. The van der Waals surface area contributed by atoms with Crippen LogP contribution in [0.5, 0.6) is 5.75 Å². The number of anilines is 2. The van der Waals surface area contributed by atoms with Gasteiger partial charge in [0.25, 0.3) is 0 Å². The third kappa shape index (κ3) is 5.81. The lowest BCUT2D eigenvalue weighted by molar-refractivity contribution is 0.197. The largest absolute Gasteiger partial charge is 0.506 e. The molecule has 5 heteroatoms. The van der Waals surface area contributed by atoms with Crippen LogP contribution in [0.1, 0.15) is 12.8 Å². The average Bonchev–Trinajstić information content (AvgIpc) is 2.42. The van der Waals surface area contributed by atoms with E-state index in [2.05, 4.69) is 10.6 Å².